The minimum atomic E-state index is 0.925. The van der Waals surface area contributed by atoms with Crippen LogP contribution in [0.5, 0.6) is 5.75 Å². The van der Waals surface area contributed by atoms with Gasteiger partial charge in [0.15, 0.2) is 0 Å². The SMILES string of the molecule is CCC(=CCc1ccc(OC)cc1)CC. The quantitative estimate of drug-likeness (QED) is 0.659. The summed E-state index contributed by atoms with van der Waals surface area (Å²) < 4.78 is 5.12. The highest BCUT2D eigenvalue weighted by atomic mass is 16.5. The fraction of sp³-hybridized carbons (Fsp3) is 0.429. The lowest BCUT2D eigenvalue weighted by atomic mass is 10.1. The lowest BCUT2D eigenvalue weighted by Gasteiger charge is -2.03. The molecule has 0 aliphatic heterocycles. The Morgan fingerprint density at radius 1 is 1.13 bits per heavy atom. The predicted molar refractivity (Wildman–Crippen MR) is 65.4 cm³/mol. The van der Waals surface area contributed by atoms with Gasteiger partial charge in [-0.2, -0.15) is 0 Å². The van der Waals surface area contributed by atoms with Gasteiger partial charge in [-0.3, -0.25) is 0 Å². The summed E-state index contributed by atoms with van der Waals surface area (Å²) in [4.78, 5) is 0. The molecule has 0 bridgehead atoms. The van der Waals surface area contributed by atoms with Gasteiger partial charge in [0.1, 0.15) is 5.75 Å². The number of allylic oxidation sites excluding steroid dienone is 2. The van der Waals surface area contributed by atoms with Crippen LogP contribution in [0.4, 0.5) is 0 Å². The molecule has 0 spiro atoms. The Bertz CT molecular complexity index is 303. The van der Waals surface area contributed by atoms with E-state index in [-0.39, 0.29) is 0 Å². The molecule has 0 atom stereocenters. The van der Waals surface area contributed by atoms with Gasteiger partial charge in [0.2, 0.25) is 0 Å². The molecule has 15 heavy (non-hydrogen) atoms. The first-order valence-electron chi connectivity index (χ1n) is 5.61. The normalized spacial score (nSPS) is 9.80. The van der Waals surface area contributed by atoms with Crippen molar-refractivity contribution >= 4 is 0 Å². The van der Waals surface area contributed by atoms with Crippen molar-refractivity contribution in [2.75, 3.05) is 7.11 Å². The number of ether oxygens (including phenoxy) is 1. The molecule has 0 fully saturated rings. The van der Waals surface area contributed by atoms with Gasteiger partial charge in [-0.05, 0) is 37.0 Å². The van der Waals surface area contributed by atoms with E-state index in [0.717, 1.165) is 25.0 Å². The van der Waals surface area contributed by atoms with E-state index in [9.17, 15) is 0 Å². The maximum Gasteiger partial charge on any atom is 0.118 e. The van der Waals surface area contributed by atoms with Crippen LogP contribution in [0, 0.1) is 0 Å². The van der Waals surface area contributed by atoms with Gasteiger partial charge < -0.3 is 4.74 Å². The van der Waals surface area contributed by atoms with E-state index in [1.807, 2.05) is 12.1 Å². The van der Waals surface area contributed by atoms with E-state index < -0.39 is 0 Å². The average molecular weight is 204 g/mol. The molecule has 0 aliphatic rings. The first-order valence-corrected chi connectivity index (χ1v) is 5.61. The Morgan fingerprint density at radius 3 is 2.20 bits per heavy atom. The first kappa shape index (κ1) is 11.8. The van der Waals surface area contributed by atoms with Crippen molar-refractivity contribution in [1.82, 2.24) is 0 Å². The van der Waals surface area contributed by atoms with Gasteiger partial charge in [-0.25, -0.2) is 0 Å². The van der Waals surface area contributed by atoms with Crippen molar-refractivity contribution in [3.8, 4) is 5.75 Å². The smallest absolute Gasteiger partial charge is 0.118 e. The van der Waals surface area contributed by atoms with Gasteiger partial charge in [-0.15, -0.1) is 0 Å². The summed E-state index contributed by atoms with van der Waals surface area (Å²) in [7, 11) is 1.70. The maximum atomic E-state index is 5.12. The van der Waals surface area contributed by atoms with Crippen LogP contribution in [-0.2, 0) is 6.42 Å². The van der Waals surface area contributed by atoms with Crippen molar-refractivity contribution in [1.29, 1.82) is 0 Å². The number of hydrogen-bond donors (Lipinski definition) is 0. The third-order valence-electron chi connectivity index (χ3n) is 2.69. The van der Waals surface area contributed by atoms with E-state index in [4.69, 9.17) is 4.74 Å². The van der Waals surface area contributed by atoms with Crippen LogP contribution in [0.15, 0.2) is 35.9 Å². The molecule has 0 N–H and O–H groups in total. The summed E-state index contributed by atoms with van der Waals surface area (Å²) in [5, 5.41) is 0. The molecule has 0 unspecified atom stereocenters. The minimum Gasteiger partial charge on any atom is -0.497 e. The molecule has 1 aromatic rings. The molecule has 0 saturated carbocycles. The zero-order chi connectivity index (χ0) is 11.1. The zero-order valence-electron chi connectivity index (χ0n) is 9.92. The molecule has 0 aliphatic carbocycles. The van der Waals surface area contributed by atoms with Crippen molar-refractivity contribution in [2.24, 2.45) is 0 Å². The van der Waals surface area contributed by atoms with Crippen LogP contribution < -0.4 is 4.74 Å². The predicted octanol–water partition coefficient (Wildman–Crippen LogP) is 3.98. The van der Waals surface area contributed by atoms with Gasteiger partial charge in [-0.1, -0.05) is 37.6 Å². The second kappa shape index (κ2) is 6.28. The van der Waals surface area contributed by atoms with E-state index in [1.54, 1.807) is 7.11 Å². The van der Waals surface area contributed by atoms with Crippen LogP contribution in [0.25, 0.3) is 0 Å². The Morgan fingerprint density at radius 2 is 1.73 bits per heavy atom. The second-order valence-electron chi connectivity index (χ2n) is 3.62. The lowest BCUT2D eigenvalue weighted by molar-refractivity contribution is 0.414. The van der Waals surface area contributed by atoms with E-state index in [0.29, 0.717) is 0 Å². The number of hydrogen-bond acceptors (Lipinski definition) is 1. The molecule has 1 nitrogen and oxygen atoms in total. The number of methoxy groups -OCH3 is 1. The average Bonchev–Trinajstić information content (AvgIpc) is 2.31. The zero-order valence-corrected chi connectivity index (χ0v) is 9.92. The van der Waals surface area contributed by atoms with Crippen LogP contribution >= 0.6 is 0 Å². The summed E-state index contributed by atoms with van der Waals surface area (Å²) in [6, 6.07) is 8.28. The highest BCUT2D eigenvalue weighted by Gasteiger charge is 1.94. The molecule has 1 aromatic carbocycles. The van der Waals surface area contributed by atoms with Gasteiger partial charge in [0, 0.05) is 0 Å². The fourth-order valence-electron chi connectivity index (χ4n) is 1.56. The van der Waals surface area contributed by atoms with E-state index in [2.05, 4.69) is 32.1 Å². The van der Waals surface area contributed by atoms with Gasteiger partial charge >= 0.3 is 0 Å². The molecule has 0 saturated heterocycles. The molecule has 82 valence electrons. The Balaban J connectivity index is 2.61. The number of benzene rings is 1. The van der Waals surface area contributed by atoms with Crippen LogP contribution in [0.3, 0.4) is 0 Å². The summed E-state index contributed by atoms with van der Waals surface area (Å²) in [5.41, 5.74) is 2.88. The van der Waals surface area contributed by atoms with E-state index >= 15 is 0 Å². The first-order chi connectivity index (χ1) is 7.30. The van der Waals surface area contributed by atoms with Crippen LogP contribution in [0.2, 0.25) is 0 Å². The van der Waals surface area contributed by atoms with Crippen LogP contribution in [0.1, 0.15) is 32.3 Å². The lowest BCUT2D eigenvalue weighted by Crippen LogP contribution is -1.86. The molecule has 0 amide bonds. The Labute approximate surface area is 92.8 Å². The minimum absolute atomic E-state index is 0.925. The standard InChI is InChI=1S/C14H20O/c1-4-12(5-2)6-7-13-8-10-14(15-3)11-9-13/h6,8-11H,4-5,7H2,1-3H3. The van der Waals surface area contributed by atoms with Crippen molar-refractivity contribution in [3.63, 3.8) is 0 Å². The molecule has 0 aromatic heterocycles. The third kappa shape index (κ3) is 3.78. The third-order valence-corrected chi connectivity index (χ3v) is 2.69. The van der Waals surface area contributed by atoms with Crippen molar-refractivity contribution in [2.45, 2.75) is 33.1 Å². The monoisotopic (exact) mass is 204 g/mol. The summed E-state index contributed by atoms with van der Waals surface area (Å²) >= 11 is 0. The highest BCUT2D eigenvalue weighted by molar-refractivity contribution is 5.28. The molecule has 1 rings (SSSR count). The van der Waals surface area contributed by atoms with E-state index in [1.165, 1.54) is 11.1 Å². The van der Waals surface area contributed by atoms with Gasteiger partial charge in [0.25, 0.3) is 0 Å². The maximum absolute atomic E-state index is 5.12. The van der Waals surface area contributed by atoms with Gasteiger partial charge in [0.05, 0.1) is 7.11 Å². The Kier molecular flexibility index (Phi) is 4.96. The summed E-state index contributed by atoms with van der Waals surface area (Å²) in [5.74, 6) is 0.925. The topological polar surface area (TPSA) is 9.23 Å². The molecule has 0 radical (unpaired) electrons. The molecular formula is C14H20O. The molecular weight excluding hydrogens is 184 g/mol. The largest absolute Gasteiger partial charge is 0.497 e. The van der Waals surface area contributed by atoms with Crippen molar-refractivity contribution < 1.29 is 4.74 Å². The summed E-state index contributed by atoms with van der Waals surface area (Å²) in [6.07, 6.45) is 5.68. The fourth-order valence-corrected chi connectivity index (χ4v) is 1.56. The molecule has 1 heteroatoms. The highest BCUT2D eigenvalue weighted by Crippen LogP contribution is 2.13. The second-order valence-corrected chi connectivity index (χ2v) is 3.62. The molecule has 0 heterocycles. The van der Waals surface area contributed by atoms with Crippen molar-refractivity contribution in [3.05, 3.63) is 41.5 Å². The van der Waals surface area contributed by atoms with Crippen LogP contribution in [-0.4, -0.2) is 7.11 Å². The Hall–Kier alpha value is -1.24. The summed E-state index contributed by atoms with van der Waals surface area (Å²) in [6.45, 7) is 4.42. The number of rotatable bonds is 5.